The lowest BCUT2D eigenvalue weighted by atomic mass is 10.2. The van der Waals surface area contributed by atoms with Gasteiger partial charge in [0.2, 0.25) is 10.0 Å². The molecule has 1 saturated heterocycles. The number of carboxylic acid groups (broad SMARTS) is 3. The van der Waals surface area contributed by atoms with Gasteiger partial charge in [0.05, 0.1) is 24.5 Å². The maximum absolute atomic E-state index is 12.6. The Morgan fingerprint density at radius 1 is 0.703 bits per heavy atom. The molecule has 0 radical (unpaired) electrons. The van der Waals surface area contributed by atoms with Crippen molar-refractivity contribution in [2.24, 2.45) is 0 Å². The summed E-state index contributed by atoms with van der Waals surface area (Å²) in [6.45, 7) is 4.58. The highest BCUT2D eigenvalue weighted by Gasteiger charge is 2.20. The lowest BCUT2D eigenvalue weighted by molar-refractivity contribution is -0.140. The van der Waals surface area contributed by atoms with Gasteiger partial charge in [-0.2, -0.15) is 0 Å². The first kappa shape index (κ1) is 30.6. The highest BCUT2D eigenvalue weighted by Crippen LogP contribution is 2.09. The van der Waals surface area contributed by atoms with E-state index in [-0.39, 0.29) is 31.1 Å². The number of hydrogen-bond donors (Lipinski definition) is 4. The highest BCUT2D eigenvalue weighted by molar-refractivity contribution is 7.89. The molecule has 1 aliphatic heterocycles. The second kappa shape index (κ2) is 15.0. The standard InChI is InChI=1S/C23H37N5O8S/c1-19-2-4-20(5-3-19)37(35,36)24-6-7-25-8-10-26(16-21(29)30)12-14-28(18-23(33)34)15-13-27(11-9-25)17-22(31)32/h2-5,24H,6-18H2,1H3,(H,29,30)(H,31,32)(H,33,34). The number of aryl methyl sites for hydroxylation is 1. The van der Waals surface area contributed by atoms with E-state index in [9.17, 15) is 38.1 Å². The van der Waals surface area contributed by atoms with Crippen LogP contribution in [0.2, 0.25) is 0 Å². The summed E-state index contributed by atoms with van der Waals surface area (Å²) < 4.78 is 27.8. The molecule has 4 N–H and O–H groups in total. The molecule has 2 rings (SSSR count). The maximum Gasteiger partial charge on any atom is 0.317 e. The zero-order valence-corrected chi connectivity index (χ0v) is 21.9. The Kier molecular flexibility index (Phi) is 12.4. The Bertz CT molecular complexity index is 973. The van der Waals surface area contributed by atoms with Gasteiger partial charge in [-0.3, -0.25) is 34.0 Å². The molecule has 1 fully saturated rings. The molecule has 0 atom stereocenters. The lowest BCUT2D eigenvalue weighted by Crippen LogP contribution is -2.49. The third-order valence-corrected chi connectivity index (χ3v) is 7.53. The molecule has 13 nitrogen and oxygen atoms in total. The summed E-state index contributed by atoms with van der Waals surface area (Å²) in [6.07, 6.45) is 0. The van der Waals surface area contributed by atoms with E-state index in [0.29, 0.717) is 58.9 Å². The zero-order chi connectivity index (χ0) is 27.4. The molecule has 0 spiro atoms. The Morgan fingerprint density at radius 3 is 1.41 bits per heavy atom. The number of nitrogens with one attached hydrogen (secondary N) is 1. The number of hydrogen-bond acceptors (Lipinski definition) is 9. The third-order valence-electron chi connectivity index (χ3n) is 6.06. The average molecular weight is 544 g/mol. The van der Waals surface area contributed by atoms with Crippen LogP contribution in [0, 0.1) is 6.92 Å². The van der Waals surface area contributed by atoms with Gasteiger partial charge < -0.3 is 15.3 Å². The minimum absolute atomic E-state index is 0.125. The highest BCUT2D eigenvalue weighted by atomic mass is 32.2. The molecule has 37 heavy (non-hydrogen) atoms. The molecule has 1 heterocycles. The molecule has 0 aromatic heterocycles. The van der Waals surface area contributed by atoms with Crippen LogP contribution in [0.4, 0.5) is 0 Å². The van der Waals surface area contributed by atoms with Crippen molar-refractivity contribution in [1.29, 1.82) is 0 Å². The first-order valence-corrected chi connectivity index (χ1v) is 13.5. The molecule has 0 aliphatic carbocycles. The summed E-state index contributed by atoms with van der Waals surface area (Å²) in [6, 6.07) is 6.51. The monoisotopic (exact) mass is 543 g/mol. The van der Waals surface area contributed by atoms with Crippen molar-refractivity contribution >= 4 is 27.9 Å². The summed E-state index contributed by atoms with van der Waals surface area (Å²) in [5, 5.41) is 27.8. The molecule has 0 unspecified atom stereocenters. The normalized spacial score (nSPS) is 18.1. The lowest BCUT2D eigenvalue weighted by Gasteiger charge is -2.33. The molecule has 1 aromatic carbocycles. The minimum Gasteiger partial charge on any atom is -0.480 e. The Balaban J connectivity index is 2.09. The Hall–Kier alpha value is -2.62. The summed E-state index contributed by atoms with van der Waals surface area (Å²) in [4.78, 5) is 41.2. The topological polar surface area (TPSA) is 171 Å². The Labute approximate surface area is 217 Å². The van der Waals surface area contributed by atoms with E-state index in [1.54, 1.807) is 26.8 Å². The quantitative estimate of drug-likeness (QED) is 0.262. The van der Waals surface area contributed by atoms with E-state index < -0.39 is 27.9 Å². The largest absolute Gasteiger partial charge is 0.480 e. The second-order valence-corrected chi connectivity index (χ2v) is 10.8. The van der Waals surface area contributed by atoms with Crippen LogP contribution >= 0.6 is 0 Å². The third kappa shape index (κ3) is 12.0. The number of benzene rings is 1. The smallest absolute Gasteiger partial charge is 0.317 e. The van der Waals surface area contributed by atoms with Gasteiger partial charge in [-0.15, -0.1) is 0 Å². The zero-order valence-electron chi connectivity index (χ0n) is 21.1. The van der Waals surface area contributed by atoms with Crippen molar-refractivity contribution in [2.45, 2.75) is 11.8 Å². The van der Waals surface area contributed by atoms with Crippen LogP contribution in [0.15, 0.2) is 29.2 Å². The van der Waals surface area contributed by atoms with Crippen molar-refractivity contribution in [3.05, 3.63) is 29.8 Å². The SMILES string of the molecule is Cc1ccc(S(=O)(=O)NCCN2CCN(CC(=O)O)CCN(CC(=O)O)CCN(CC(=O)O)CC2)cc1. The number of aliphatic carboxylic acids is 3. The van der Waals surface area contributed by atoms with Crippen LogP contribution in [0.25, 0.3) is 0 Å². The summed E-state index contributed by atoms with van der Waals surface area (Å²) >= 11 is 0. The maximum atomic E-state index is 12.6. The van der Waals surface area contributed by atoms with E-state index in [2.05, 4.69) is 4.72 Å². The Morgan fingerprint density at radius 2 is 1.05 bits per heavy atom. The fraction of sp³-hybridized carbons (Fsp3) is 0.609. The van der Waals surface area contributed by atoms with Gasteiger partial charge in [0, 0.05) is 65.4 Å². The van der Waals surface area contributed by atoms with E-state index in [1.807, 2.05) is 11.8 Å². The van der Waals surface area contributed by atoms with Crippen LogP contribution < -0.4 is 4.72 Å². The molecule has 0 saturated carbocycles. The molecule has 0 bridgehead atoms. The first-order chi connectivity index (χ1) is 17.4. The van der Waals surface area contributed by atoms with Gasteiger partial charge in [0.1, 0.15) is 0 Å². The van der Waals surface area contributed by atoms with E-state index >= 15 is 0 Å². The van der Waals surface area contributed by atoms with Gasteiger partial charge >= 0.3 is 17.9 Å². The van der Waals surface area contributed by atoms with Gasteiger partial charge in [0.25, 0.3) is 0 Å². The summed E-state index contributed by atoms with van der Waals surface area (Å²) in [7, 11) is -3.69. The van der Waals surface area contributed by atoms with Crippen molar-refractivity contribution in [3.63, 3.8) is 0 Å². The predicted octanol–water partition coefficient (Wildman–Crippen LogP) is -1.25. The number of carbonyl (C=O) groups is 3. The molecular formula is C23H37N5O8S. The van der Waals surface area contributed by atoms with Crippen LogP contribution in [0.3, 0.4) is 0 Å². The number of nitrogens with zero attached hydrogens (tertiary/aromatic N) is 4. The van der Waals surface area contributed by atoms with Crippen LogP contribution in [-0.2, 0) is 24.4 Å². The van der Waals surface area contributed by atoms with Crippen molar-refractivity contribution in [1.82, 2.24) is 24.3 Å². The van der Waals surface area contributed by atoms with Gasteiger partial charge in [-0.1, -0.05) is 17.7 Å². The van der Waals surface area contributed by atoms with Crippen molar-refractivity contribution in [2.75, 3.05) is 85.1 Å². The number of carboxylic acids is 3. The second-order valence-electron chi connectivity index (χ2n) is 9.06. The van der Waals surface area contributed by atoms with E-state index in [0.717, 1.165) is 5.56 Å². The van der Waals surface area contributed by atoms with Crippen LogP contribution in [0.5, 0.6) is 0 Å². The molecule has 0 amide bonds. The minimum atomic E-state index is -3.69. The molecule has 14 heteroatoms. The molecule has 1 aromatic rings. The van der Waals surface area contributed by atoms with E-state index in [4.69, 9.17) is 0 Å². The summed E-state index contributed by atoms with van der Waals surface area (Å²) in [5.41, 5.74) is 0.946. The fourth-order valence-electron chi connectivity index (χ4n) is 3.99. The van der Waals surface area contributed by atoms with Crippen LogP contribution in [0.1, 0.15) is 5.56 Å². The molecule has 208 valence electrons. The van der Waals surface area contributed by atoms with Gasteiger partial charge in [-0.05, 0) is 19.1 Å². The fourth-order valence-corrected chi connectivity index (χ4v) is 5.01. The average Bonchev–Trinajstić information content (AvgIpc) is 2.79. The molecular weight excluding hydrogens is 506 g/mol. The predicted molar refractivity (Wildman–Crippen MR) is 135 cm³/mol. The van der Waals surface area contributed by atoms with Crippen molar-refractivity contribution < 1.29 is 38.1 Å². The summed E-state index contributed by atoms with van der Waals surface area (Å²) in [5.74, 6) is -3.01. The number of rotatable bonds is 11. The van der Waals surface area contributed by atoms with Crippen molar-refractivity contribution in [3.8, 4) is 0 Å². The molecule has 1 aliphatic rings. The number of sulfonamides is 1. The van der Waals surface area contributed by atoms with Gasteiger partial charge in [0.15, 0.2) is 0 Å². The van der Waals surface area contributed by atoms with Crippen LogP contribution in [-0.4, -0.2) is 146 Å². The van der Waals surface area contributed by atoms with Gasteiger partial charge in [-0.25, -0.2) is 13.1 Å². The first-order valence-electron chi connectivity index (χ1n) is 12.1. The van der Waals surface area contributed by atoms with E-state index in [1.165, 1.54) is 12.1 Å².